The lowest BCUT2D eigenvalue weighted by molar-refractivity contribution is 0.483. The zero-order valence-electron chi connectivity index (χ0n) is 34.7. The number of hydrogen-bond donors (Lipinski definition) is 0. The summed E-state index contributed by atoms with van der Waals surface area (Å²) in [7, 11) is 0. The van der Waals surface area contributed by atoms with Gasteiger partial charge in [-0.05, 0) is 102 Å². The summed E-state index contributed by atoms with van der Waals surface area (Å²) in [6.07, 6.45) is 2.01. The van der Waals surface area contributed by atoms with Crippen molar-refractivity contribution in [3.63, 3.8) is 0 Å². The van der Waals surface area contributed by atoms with E-state index in [0.717, 1.165) is 83.9 Å². The Hall–Kier alpha value is -7.57. The summed E-state index contributed by atoms with van der Waals surface area (Å²) in [6, 6.07) is 64.5. The van der Waals surface area contributed by atoms with Crippen LogP contribution in [0.3, 0.4) is 0 Å². The molecule has 296 valence electrons. The van der Waals surface area contributed by atoms with Gasteiger partial charge in [-0.25, -0.2) is 4.98 Å². The number of nitrogens with zero attached hydrogens (tertiary/aromatic N) is 5. The highest BCUT2D eigenvalue weighted by molar-refractivity contribution is 6.20. The van der Waals surface area contributed by atoms with E-state index in [4.69, 9.17) is 9.72 Å². The van der Waals surface area contributed by atoms with Crippen molar-refractivity contribution in [2.24, 2.45) is 0 Å². The zero-order chi connectivity index (χ0) is 41.2. The van der Waals surface area contributed by atoms with Crippen LogP contribution in [0.25, 0.3) is 55.5 Å². The standard InChI is InChI=1S/C55H45N5O/c1-37-32-52(56-35-47(37)38-16-7-5-8-17-38)60-51-34-44(30-31-46(51)53-54(60)45-22-11-12-23-48(45)59(53)41-18-9-6-10-19-41)61-43-21-15-20-42(33-43)58-36-57(49-24-13-14-25-50(49)58)40-28-26-39(27-29-40)55(2,3)4/h5-35H,36H2,1-4H3. The first-order chi connectivity index (χ1) is 29.8. The Morgan fingerprint density at radius 3 is 1.87 bits per heavy atom. The SMILES string of the molecule is Cc1cc(-n2c3cc(Oc4cccc(N5CN(c6ccc(C(C)(C)C)cc6)c6ccccc65)c4)ccc3c3c2c2ccccc2n3-c2ccccc2)ncc1-c1ccccc1. The molecule has 6 heteroatoms. The van der Waals surface area contributed by atoms with Gasteiger partial charge < -0.3 is 19.1 Å². The van der Waals surface area contributed by atoms with E-state index in [2.05, 4.69) is 223 Å². The van der Waals surface area contributed by atoms with Crippen LogP contribution in [-0.2, 0) is 5.41 Å². The van der Waals surface area contributed by atoms with Crippen molar-refractivity contribution in [2.75, 3.05) is 16.5 Å². The van der Waals surface area contributed by atoms with E-state index < -0.39 is 0 Å². The van der Waals surface area contributed by atoms with Gasteiger partial charge in [-0.1, -0.05) is 118 Å². The molecular formula is C55H45N5O. The number of anilines is 4. The molecule has 7 aromatic carbocycles. The second-order valence-corrected chi connectivity index (χ2v) is 17.0. The van der Waals surface area contributed by atoms with Crippen LogP contribution in [0.15, 0.2) is 188 Å². The smallest absolute Gasteiger partial charge is 0.137 e. The van der Waals surface area contributed by atoms with Gasteiger partial charge in [0.25, 0.3) is 0 Å². The molecule has 11 rings (SSSR count). The van der Waals surface area contributed by atoms with Gasteiger partial charge in [-0.3, -0.25) is 4.57 Å². The second-order valence-electron chi connectivity index (χ2n) is 17.0. The summed E-state index contributed by atoms with van der Waals surface area (Å²) in [5.41, 5.74) is 15.0. The first kappa shape index (κ1) is 36.5. The van der Waals surface area contributed by atoms with E-state index in [0.29, 0.717) is 6.67 Å². The van der Waals surface area contributed by atoms with Crippen molar-refractivity contribution in [3.8, 4) is 34.1 Å². The van der Waals surface area contributed by atoms with Crippen LogP contribution in [0.1, 0.15) is 31.9 Å². The Kier molecular flexibility index (Phi) is 8.57. The maximum atomic E-state index is 6.82. The van der Waals surface area contributed by atoms with E-state index in [-0.39, 0.29) is 5.41 Å². The Morgan fingerprint density at radius 1 is 0.508 bits per heavy atom. The molecule has 6 nitrogen and oxygen atoms in total. The number of fused-ring (bicyclic) bond motifs is 6. The molecule has 0 N–H and O–H groups in total. The normalized spacial score (nSPS) is 12.8. The average molecular weight is 792 g/mol. The molecule has 0 aliphatic carbocycles. The first-order valence-electron chi connectivity index (χ1n) is 21.0. The zero-order valence-corrected chi connectivity index (χ0v) is 34.7. The summed E-state index contributed by atoms with van der Waals surface area (Å²) < 4.78 is 11.5. The number of para-hydroxylation sites is 4. The molecule has 1 aliphatic rings. The predicted molar refractivity (Wildman–Crippen MR) is 253 cm³/mol. The number of aryl methyl sites for hydroxylation is 1. The second kappa shape index (κ2) is 14.3. The molecule has 10 aromatic rings. The lowest BCUT2D eigenvalue weighted by Gasteiger charge is -2.24. The van der Waals surface area contributed by atoms with Crippen molar-refractivity contribution in [2.45, 2.75) is 33.1 Å². The maximum Gasteiger partial charge on any atom is 0.137 e. The van der Waals surface area contributed by atoms with Gasteiger partial charge in [0.1, 0.15) is 24.0 Å². The summed E-state index contributed by atoms with van der Waals surface area (Å²) in [5, 5.41) is 2.27. The van der Waals surface area contributed by atoms with Crippen molar-refractivity contribution < 1.29 is 4.74 Å². The van der Waals surface area contributed by atoms with Crippen LogP contribution < -0.4 is 14.5 Å². The number of hydrogen-bond acceptors (Lipinski definition) is 4. The largest absolute Gasteiger partial charge is 0.457 e. The minimum absolute atomic E-state index is 0.0969. The van der Waals surface area contributed by atoms with Gasteiger partial charge in [0.05, 0.1) is 33.4 Å². The van der Waals surface area contributed by atoms with Gasteiger partial charge >= 0.3 is 0 Å². The van der Waals surface area contributed by atoms with Crippen LogP contribution in [0, 0.1) is 6.92 Å². The molecule has 0 amide bonds. The molecule has 3 aromatic heterocycles. The number of pyridine rings is 1. The fourth-order valence-corrected chi connectivity index (χ4v) is 9.09. The third kappa shape index (κ3) is 6.22. The first-order valence-corrected chi connectivity index (χ1v) is 21.0. The highest BCUT2D eigenvalue weighted by Gasteiger charge is 2.29. The van der Waals surface area contributed by atoms with Crippen molar-refractivity contribution in [3.05, 3.63) is 199 Å². The molecule has 61 heavy (non-hydrogen) atoms. The van der Waals surface area contributed by atoms with E-state index in [9.17, 15) is 0 Å². The molecule has 0 fully saturated rings. The van der Waals surface area contributed by atoms with Gasteiger partial charge in [0.2, 0.25) is 0 Å². The molecule has 0 unspecified atom stereocenters. The number of rotatable bonds is 7. The average Bonchev–Trinajstić information content (AvgIpc) is 3.95. The predicted octanol–water partition coefficient (Wildman–Crippen LogP) is 14.4. The van der Waals surface area contributed by atoms with Crippen LogP contribution in [0.5, 0.6) is 11.5 Å². The van der Waals surface area contributed by atoms with Crippen molar-refractivity contribution >= 4 is 55.6 Å². The summed E-state index contributed by atoms with van der Waals surface area (Å²) in [6.45, 7) is 9.64. The lowest BCUT2D eigenvalue weighted by Crippen LogP contribution is -2.24. The van der Waals surface area contributed by atoms with Crippen LogP contribution >= 0.6 is 0 Å². The fraction of sp³-hybridized carbons (Fsp3) is 0.109. The topological polar surface area (TPSA) is 38.5 Å². The van der Waals surface area contributed by atoms with Gasteiger partial charge in [-0.15, -0.1) is 0 Å². The van der Waals surface area contributed by atoms with E-state index in [1.165, 1.54) is 16.9 Å². The van der Waals surface area contributed by atoms with Gasteiger partial charge in [-0.2, -0.15) is 0 Å². The highest BCUT2D eigenvalue weighted by atomic mass is 16.5. The Labute approximate surface area is 356 Å². The van der Waals surface area contributed by atoms with Gasteiger partial charge in [0.15, 0.2) is 0 Å². The fourth-order valence-electron chi connectivity index (χ4n) is 9.09. The van der Waals surface area contributed by atoms with Crippen molar-refractivity contribution in [1.29, 1.82) is 0 Å². The van der Waals surface area contributed by atoms with E-state index in [1.807, 2.05) is 12.3 Å². The Bertz CT molecular complexity index is 3250. The van der Waals surface area contributed by atoms with Crippen LogP contribution in [0.4, 0.5) is 22.7 Å². The Balaban J connectivity index is 1.01. The molecule has 0 spiro atoms. The highest BCUT2D eigenvalue weighted by Crippen LogP contribution is 2.46. The lowest BCUT2D eigenvalue weighted by atomic mass is 9.87. The number of ether oxygens (including phenoxy) is 1. The molecule has 0 atom stereocenters. The third-order valence-corrected chi connectivity index (χ3v) is 12.1. The minimum atomic E-state index is 0.0969. The molecule has 0 bridgehead atoms. The summed E-state index contributed by atoms with van der Waals surface area (Å²) in [4.78, 5) is 9.93. The molecular weight excluding hydrogens is 747 g/mol. The summed E-state index contributed by atoms with van der Waals surface area (Å²) in [5.74, 6) is 2.38. The number of aromatic nitrogens is 3. The summed E-state index contributed by atoms with van der Waals surface area (Å²) >= 11 is 0. The monoisotopic (exact) mass is 791 g/mol. The van der Waals surface area contributed by atoms with Crippen LogP contribution in [0.2, 0.25) is 0 Å². The molecule has 4 heterocycles. The quantitative estimate of drug-likeness (QED) is 0.161. The van der Waals surface area contributed by atoms with Gasteiger partial charge in [0, 0.05) is 51.7 Å². The molecule has 1 aliphatic heterocycles. The van der Waals surface area contributed by atoms with Crippen molar-refractivity contribution in [1.82, 2.24) is 14.1 Å². The minimum Gasteiger partial charge on any atom is -0.457 e. The van der Waals surface area contributed by atoms with E-state index in [1.54, 1.807) is 0 Å². The molecule has 0 saturated carbocycles. The molecule has 0 radical (unpaired) electrons. The van der Waals surface area contributed by atoms with Crippen LogP contribution in [-0.4, -0.2) is 20.8 Å². The van der Waals surface area contributed by atoms with E-state index >= 15 is 0 Å². The Morgan fingerprint density at radius 2 is 1.13 bits per heavy atom. The third-order valence-electron chi connectivity index (χ3n) is 12.1. The molecule has 0 saturated heterocycles. The maximum absolute atomic E-state index is 6.82. The number of benzene rings is 7.